The van der Waals surface area contributed by atoms with Gasteiger partial charge in [-0.1, -0.05) is 24.3 Å². The van der Waals surface area contributed by atoms with Gasteiger partial charge in [0.15, 0.2) is 5.78 Å². The number of Topliss-reactive ketones (excluding diaryl/α,β-unsaturated/α-hetero) is 1. The zero-order chi connectivity index (χ0) is 18.4. The van der Waals surface area contributed by atoms with E-state index >= 15 is 0 Å². The predicted molar refractivity (Wildman–Crippen MR) is 99.8 cm³/mol. The SMILES string of the molecule is O=C(CCC(=O)c1ccc2c(c1)CCCC2)NCCc1cccc(F)c1. The summed E-state index contributed by atoms with van der Waals surface area (Å²) in [6.45, 7) is 0.440. The molecular weight excluding hydrogens is 329 g/mol. The molecule has 26 heavy (non-hydrogen) atoms. The predicted octanol–water partition coefficient (Wildman–Crippen LogP) is 4.03. The smallest absolute Gasteiger partial charge is 0.220 e. The van der Waals surface area contributed by atoms with Crippen LogP contribution in [-0.2, 0) is 24.1 Å². The van der Waals surface area contributed by atoms with Gasteiger partial charge >= 0.3 is 0 Å². The number of halogens is 1. The summed E-state index contributed by atoms with van der Waals surface area (Å²) in [6, 6.07) is 12.3. The lowest BCUT2D eigenvalue weighted by Crippen LogP contribution is -2.26. The number of aryl methyl sites for hydroxylation is 2. The van der Waals surface area contributed by atoms with E-state index < -0.39 is 0 Å². The third kappa shape index (κ3) is 5.01. The molecule has 0 fully saturated rings. The van der Waals surface area contributed by atoms with Gasteiger partial charge in [0.2, 0.25) is 5.91 Å². The van der Waals surface area contributed by atoms with E-state index in [0.29, 0.717) is 18.5 Å². The fraction of sp³-hybridized carbons (Fsp3) is 0.364. The second-order valence-corrected chi connectivity index (χ2v) is 6.84. The standard InChI is InChI=1S/C22H24FNO2/c23-20-7-3-4-16(14-20)12-13-24-22(26)11-10-21(25)19-9-8-17-5-1-2-6-18(17)15-19/h3-4,7-9,14-15H,1-2,5-6,10-13H2,(H,24,26). The minimum atomic E-state index is -0.274. The van der Waals surface area contributed by atoms with Gasteiger partial charge in [0.1, 0.15) is 5.82 Å². The first-order chi connectivity index (χ1) is 12.6. The van der Waals surface area contributed by atoms with Crippen LogP contribution in [0.5, 0.6) is 0 Å². The molecule has 3 rings (SSSR count). The van der Waals surface area contributed by atoms with Gasteiger partial charge in [0.05, 0.1) is 0 Å². The average Bonchev–Trinajstić information content (AvgIpc) is 2.66. The van der Waals surface area contributed by atoms with Crippen LogP contribution < -0.4 is 5.32 Å². The van der Waals surface area contributed by atoms with E-state index in [1.807, 2.05) is 18.2 Å². The summed E-state index contributed by atoms with van der Waals surface area (Å²) in [5.41, 5.74) is 4.18. The van der Waals surface area contributed by atoms with Crippen LogP contribution in [0.25, 0.3) is 0 Å². The van der Waals surface area contributed by atoms with Crippen LogP contribution in [0.15, 0.2) is 42.5 Å². The molecular formula is C22H24FNO2. The molecule has 0 aliphatic heterocycles. The molecule has 0 spiro atoms. The Hall–Kier alpha value is -2.49. The van der Waals surface area contributed by atoms with E-state index in [1.165, 1.54) is 36.1 Å². The summed E-state index contributed by atoms with van der Waals surface area (Å²) in [6.07, 6.45) is 5.49. The topological polar surface area (TPSA) is 46.2 Å². The van der Waals surface area contributed by atoms with Crippen LogP contribution >= 0.6 is 0 Å². The average molecular weight is 353 g/mol. The number of amides is 1. The number of ketones is 1. The lowest BCUT2D eigenvalue weighted by atomic mass is 9.89. The van der Waals surface area contributed by atoms with Crippen molar-refractivity contribution in [2.24, 2.45) is 0 Å². The van der Waals surface area contributed by atoms with E-state index in [-0.39, 0.29) is 30.3 Å². The van der Waals surface area contributed by atoms with Crippen LogP contribution in [0.3, 0.4) is 0 Å². The van der Waals surface area contributed by atoms with Gasteiger partial charge in [-0.3, -0.25) is 9.59 Å². The number of carbonyl (C=O) groups excluding carboxylic acids is 2. The molecule has 1 amide bonds. The van der Waals surface area contributed by atoms with Crippen molar-refractivity contribution >= 4 is 11.7 Å². The van der Waals surface area contributed by atoms with Crippen molar-refractivity contribution in [2.75, 3.05) is 6.54 Å². The molecule has 2 aromatic carbocycles. The molecule has 1 aliphatic carbocycles. The van der Waals surface area contributed by atoms with Crippen molar-refractivity contribution in [3.05, 3.63) is 70.5 Å². The van der Waals surface area contributed by atoms with Crippen molar-refractivity contribution in [3.8, 4) is 0 Å². The third-order valence-corrected chi connectivity index (χ3v) is 4.87. The van der Waals surface area contributed by atoms with Crippen molar-refractivity contribution in [2.45, 2.75) is 44.9 Å². The van der Waals surface area contributed by atoms with Gasteiger partial charge in [0.25, 0.3) is 0 Å². The van der Waals surface area contributed by atoms with Crippen LogP contribution in [0.4, 0.5) is 4.39 Å². The Kier molecular flexibility index (Phi) is 6.16. The molecule has 1 aliphatic rings. The molecule has 1 N–H and O–H groups in total. The van der Waals surface area contributed by atoms with Crippen LogP contribution in [-0.4, -0.2) is 18.2 Å². The Morgan fingerprint density at radius 3 is 2.58 bits per heavy atom. The first-order valence-electron chi connectivity index (χ1n) is 9.28. The fourth-order valence-corrected chi connectivity index (χ4v) is 3.41. The Morgan fingerprint density at radius 2 is 1.77 bits per heavy atom. The second-order valence-electron chi connectivity index (χ2n) is 6.84. The molecule has 0 radical (unpaired) electrons. The number of carbonyl (C=O) groups is 2. The summed E-state index contributed by atoms with van der Waals surface area (Å²) >= 11 is 0. The normalized spacial score (nSPS) is 13.1. The van der Waals surface area contributed by atoms with Crippen LogP contribution in [0.2, 0.25) is 0 Å². The summed E-state index contributed by atoms with van der Waals surface area (Å²) < 4.78 is 13.1. The van der Waals surface area contributed by atoms with E-state index in [4.69, 9.17) is 0 Å². The summed E-state index contributed by atoms with van der Waals surface area (Å²) in [5.74, 6) is -0.407. The van der Waals surface area contributed by atoms with Crippen molar-refractivity contribution < 1.29 is 14.0 Å². The summed E-state index contributed by atoms with van der Waals surface area (Å²) in [7, 11) is 0. The monoisotopic (exact) mass is 353 g/mol. The number of benzene rings is 2. The first kappa shape index (κ1) is 18.3. The minimum Gasteiger partial charge on any atom is -0.356 e. The molecule has 0 unspecified atom stereocenters. The van der Waals surface area contributed by atoms with Crippen LogP contribution in [0.1, 0.15) is 52.7 Å². The molecule has 0 atom stereocenters. The molecule has 0 saturated carbocycles. The largest absolute Gasteiger partial charge is 0.356 e. The lowest BCUT2D eigenvalue weighted by molar-refractivity contribution is -0.121. The third-order valence-electron chi connectivity index (χ3n) is 4.87. The number of hydrogen-bond donors (Lipinski definition) is 1. The molecule has 4 heteroatoms. The van der Waals surface area contributed by atoms with Crippen LogP contribution in [0, 0.1) is 5.82 Å². The Bertz CT molecular complexity index is 800. The van der Waals surface area contributed by atoms with Gasteiger partial charge in [-0.05, 0) is 67.0 Å². The highest BCUT2D eigenvalue weighted by Crippen LogP contribution is 2.22. The molecule has 3 nitrogen and oxygen atoms in total. The minimum absolute atomic E-state index is 0.0126. The van der Waals surface area contributed by atoms with Crippen molar-refractivity contribution in [3.63, 3.8) is 0 Å². The van der Waals surface area contributed by atoms with Gasteiger partial charge in [-0.2, -0.15) is 0 Å². The number of rotatable bonds is 7. The number of hydrogen-bond acceptors (Lipinski definition) is 2. The maximum atomic E-state index is 13.1. The lowest BCUT2D eigenvalue weighted by Gasteiger charge is -2.16. The highest BCUT2D eigenvalue weighted by atomic mass is 19.1. The second kappa shape index (κ2) is 8.75. The number of fused-ring (bicyclic) bond motifs is 1. The molecule has 0 saturated heterocycles. The Balaban J connectivity index is 1.43. The summed E-state index contributed by atoms with van der Waals surface area (Å²) in [4.78, 5) is 24.3. The van der Waals surface area contributed by atoms with Gasteiger partial charge in [-0.15, -0.1) is 0 Å². The van der Waals surface area contributed by atoms with E-state index in [1.54, 1.807) is 6.07 Å². The Labute approximate surface area is 153 Å². The van der Waals surface area contributed by atoms with E-state index in [2.05, 4.69) is 11.4 Å². The van der Waals surface area contributed by atoms with Gasteiger partial charge in [0, 0.05) is 24.9 Å². The fourth-order valence-electron chi connectivity index (χ4n) is 3.41. The highest BCUT2D eigenvalue weighted by Gasteiger charge is 2.14. The highest BCUT2D eigenvalue weighted by molar-refractivity contribution is 5.98. The maximum absolute atomic E-state index is 13.1. The van der Waals surface area contributed by atoms with Gasteiger partial charge < -0.3 is 5.32 Å². The quantitative estimate of drug-likeness (QED) is 0.764. The Morgan fingerprint density at radius 1 is 0.962 bits per heavy atom. The van der Waals surface area contributed by atoms with Crippen molar-refractivity contribution in [1.82, 2.24) is 5.32 Å². The zero-order valence-corrected chi connectivity index (χ0v) is 14.9. The summed E-state index contributed by atoms with van der Waals surface area (Å²) in [5, 5.41) is 2.79. The zero-order valence-electron chi connectivity index (χ0n) is 14.9. The number of nitrogens with one attached hydrogen (secondary N) is 1. The van der Waals surface area contributed by atoms with E-state index in [0.717, 1.165) is 18.4 Å². The molecule has 136 valence electrons. The van der Waals surface area contributed by atoms with Crippen molar-refractivity contribution in [1.29, 1.82) is 0 Å². The maximum Gasteiger partial charge on any atom is 0.220 e. The molecule has 2 aromatic rings. The molecule has 0 aromatic heterocycles. The molecule has 0 bridgehead atoms. The first-order valence-corrected chi connectivity index (χ1v) is 9.28. The van der Waals surface area contributed by atoms with E-state index in [9.17, 15) is 14.0 Å². The van der Waals surface area contributed by atoms with Gasteiger partial charge in [-0.25, -0.2) is 4.39 Å². The molecule has 0 heterocycles.